The summed E-state index contributed by atoms with van der Waals surface area (Å²) in [5.41, 5.74) is 3.94. The van der Waals surface area contributed by atoms with Crippen molar-refractivity contribution in [2.75, 3.05) is 26.4 Å². The van der Waals surface area contributed by atoms with Gasteiger partial charge in [0.1, 0.15) is 12.2 Å². The maximum atomic E-state index is 14.7. The van der Waals surface area contributed by atoms with Gasteiger partial charge in [-0.3, -0.25) is 14.4 Å². The first kappa shape index (κ1) is 31.6. The molecule has 1 saturated heterocycles. The third-order valence-electron chi connectivity index (χ3n) is 13.7. The summed E-state index contributed by atoms with van der Waals surface area (Å²) in [5, 5.41) is 10.9. The molecule has 0 aromatic carbocycles. The third kappa shape index (κ3) is 4.06. The van der Waals surface area contributed by atoms with Crippen molar-refractivity contribution in [3.8, 4) is 0 Å². The molecule has 1 heterocycles. The Labute approximate surface area is 251 Å². The molecule has 42 heavy (non-hydrogen) atoms. The van der Waals surface area contributed by atoms with Crippen LogP contribution in [0, 0.1) is 56.7 Å². The lowest BCUT2D eigenvalue weighted by molar-refractivity contribution is -0.265. The quantitative estimate of drug-likeness (QED) is 0.398. The van der Waals surface area contributed by atoms with E-state index < -0.39 is 45.1 Å². The monoisotopic (exact) mass is 587 g/mol. The number of ether oxygens (including phenoxy) is 3. The fourth-order valence-electron chi connectivity index (χ4n) is 11.2. The highest BCUT2D eigenvalue weighted by molar-refractivity contribution is 6.00. The van der Waals surface area contributed by atoms with E-state index in [4.69, 9.17) is 19.9 Å². The molecule has 236 valence electrons. The number of carboxylic acids is 1. The molecule has 3 saturated carbocycles. The smallest absolute Gasteiger partial charge is 0.308 e. The number of nitrogens with two attached hydrogens (primary N) is 1. The van der Waals surface area contributed by atoms with Gasteiger partial charge in [-0.15, -0.1) is 0 Å². The van der Waals surface area contributed by atoms with Crippen LogP contribution in [0.3, 0.4) is 0 Å². The zero-order chi connectivity index (χ0) is 31.0. The Kier molecular flexibility index (Phi) is 7.84. The Morgan fingerprint density at radius 1 is 1.12 bits per heavy atom. The van der Waals surface area contributed by atoms with Crippen LogP contribution in [0.1, 0.15) is 87.5 Å². The SMILES string of the molecule is CC(=O)O[C@@H]1C[C@@]23COC[C@@](C)(C2CCC2C3=CC(=O)[C@@]3(C)[C@H](C(=O)O)[C@@](C)([C@H](C)C(C)C)CC[C@]23C)[C@H]1OCCN. The van der Waals surface area contributed by atoms with Crippen molar-refractivity contribution in [2.45, 2.75) is 99.7 Å². The molecule has 5 rings (SSSR count). The van der Waals surface area contributed by atoms with Crippen LogP contribution in [0.15, 0.2) is 11.6 Å². The number of aliphatic carboxylic acids is 1. The number of hydrogen-bond donors (Lipinski definition) is 2. The minimum Gasteiger partial charge on any atom is -0.481 e. The summed E-state index contributed by atoms with van der Waals surface area (Å²) in [6.45, 7) is 18.0. The van der Waals surface area contributed by atoms with Gasteiger partial charge in [0.15, 0.2) is 5.78 Å². The van der Waals surface area contributed by atoms with Gasteiger partial charge in [0.25, 0.3) is 0 Å². The predicted molar refractivity (Wildman–Crippen MR) is 158 cm³/mol. The standard InChI is InChI=1S/C34H53NO7/c1-19(2)20(3)30(5)11-12-32(7)22-9-10-25-31(6)17-40-18-34(25,16-24(42-21(4)36)28(31)41-14-13-35)23(22)15-26(37)33(32,8)27(30)29(38)39/h15,19-20,22,24-25,27-28H,9-14,16-18,35H2,1-8H3,(H,38,39)/t20-,22?,24-,25?,27-,28+,30-,31+,32-,33+,34+/m1/s1. The molecule has 0 radical (unpaired) electrons. The summed E-state index contributed by atoms with van der Waals surface area (Å²) < 4.78 is 18.7. The molecule has 2 unspecified atom stereocenters. The molecule has 0 spiro atoms. The number of allylic oxidation sites excluding steroid dienone is 1. The number of hydrogen-bond acceptors (Lipinski definition) is 7. The molecule has 8 heteroatoms. The van der Waals surface area contributed by atoms with Crippen LogP contribution in [0.4, 0.5) is 0 Å². The molecular formula is C34H53NO7. The number of rotatable bonds is 7. The summed E-state index contributed by atoms with van der Waals surface area (Å²) in [5.74, 6) is -1.40. The number of ketones is 1. The second-order valence-corrected chi connectivity index (χ2v) is 15.7. The first-order chi connectivity index (χ1) is 19.5. The molecular weight excluding hydrogens is 534 g/mol. The van der Waals surface area contributed by atoms with E-state index in [9.17, 15) is 19.5 Å². The van der Waals surface area contributed by atoms with Crippen LogP contribution in [0.5, 0.6) is 0 Å². The summed E-state index contributed by atoms with van der Waals surface area (Å²) in [7, 11) is 0. The minimum absolute atomic E-state index is 0.0441. The first-order valence-electron chi connectivity index (χ1n) is 16.1. The molecule has 0 aromatic rings. The van der Waals surface area contributed by atoms with E-state index in [1.54, 1.807) is 0 Å². The molecule has 8 nitrogen and oxygen atoms in total. The predicted octanol–water partition coefficient (Wildman–Crippen LogP) is 5.03. The van der Waals surface area contributed by atoms with Gasteiger partial charge in [-0.05, 0) is 72.7 Å². The van der Waals surface area contributed by atoms with Crippen molar-refractivity contribution in [3.63, 3.8) is 0 Å². The van der Waals surface area contributed by atoms with E-state index in [1.165, 1.54) is 6.92 Å². The highest BCUT2D eigenvalue weighted by Gasteiger charge is 2.74. The lowest BCUT2D eigenvalue weighted by atomic mass is 9.34. The Morgan fingerprint density at radius 3 is 2.40 bits per heavy atom. The number of carboxylic acid groups (broad SMARTS) is 1. The molecule has 11 atom stereocenters. The molecule has 4 aliphatic carbocycles. The fraction of sp³-hybridized carbons (Fsp3) is 0.853. The van der Waals surface area contributed by atoms with E-state index in [2.05, 4.69) is 41.5 Å². The average molecular weight is 588 g/mol. The molecule has 2 bridgehead atoms. The number of carbonyl (C=O) groups is 3. The lowest BCUT2D eigenvalue weighted by Crippen LogP contribution is -2.71. The molecule has 0 amide bonds. The Morgan fingerprint density at radius 2 is 1.81 bits per heavy atom. The van der Waals surface area contributed by atoms with Crippen molar-refractivity contribution in [1.82, 2.24) is 0 Å². The number of fused-ring (bicyclic) bond motifs is 3. The van der Waals surface area contributed by atoms with Gasteiger partial charge in [0.2, 0.25) is 0 Å². The van der Waals surface area contributed by atoms with Crippen molar-refractivity contribution in [2.24, 2.45) is 62.4 Å². The van der Waals surface area contributed by atoms with Crippen LogP contribution < -0.4 is 5.73 Å². The number of carbonyl (C=O) groups excluding carboxylic acids is 2. The summed E-state index contributed by atoms with van der Waals surface area (Å²) in [6, 6.07) is 0. The summed E-state index contributed by atoms with van der Waals surface area (Å²) in [4.78, 5) is 40.3. The Bertz CT molecular complexity index is 1170. The van der Waals surface area contributed by atoms with E-state index >= 15 is 0 Å². The lowest BCUT2D eigenvalue weighted by Gasteiger charge is -2.70. The maximum absolute atomic E-state index is 14.7. The maximum Gasteiger partial charge on any atom is 0.308 e. The second kappa shape index (κ2) is 10.4. The van der Waals surface area contributed by atoms with Gasteiger partial charge in [-0.25, -0.2) is 0 Å². The Balaban J connectivity index is 1.65. The van der Waals surface area contributed by atoms with Gasteiger partial charge in [-0.2, -0.15) is 0 Å². The summed E-state index contributed by atoms with van der Waals surface area (Å²) in [6.07, 6.45) is 4.89. The molecule has 3 N–H and O–H groups in total. The van der Waals surface area contributed by atoms with Gasteiger partial charge in [0, 0.05) is 29.7 Å². The van der Waals surface area contributed by atoms with Gasteiger partial charge >= 0.3 is 11.9 Å². The second-order valence-electron chi connectivity index (χ2n) is 15.7. The van der Waals surface area contributed by atoms with E-state index in [0.29, 0.717) is 38.7 Å². The van der Waals surface area contributed by atoms with E-state index in [-0.39, 0.29) is 35.6 Å². The van der Waals surface area contributed by atoms with Crippen molar-refractivity contribution < 1.29 is 33.7 Å². The Hall–Kier alpha value is -1.77. The largest absolute Gasteiger partial charge is 0.481 e. The van der Waals surface area contributed by atoms with Gasteiger partial charge in [0.05, 0.1) is 25.7 Å². The van der Waals surface area contributed by atoms with E-state index in [1.807, 2.05) is 13.0 Å². The molecule has 5 aliphatic rings. The average Bonchev–Trinajstić information content (AvgIpc) is 2.89. The minimum atomic E-state index is -1.04. The van der Waals surface area contributed by atoms with Crippen molar-refractivity contribution >= 4 is 17.7 Å². The first-order valence-corrected chi connectivity index (χ1v) is 16.1. The van der Waals surface area contributed by atoms with Crippen LogP contribution in [-0.2, 0) is 28.6 Å². The fourth-order valence-corrected chi connectivity index (χ4v) is 11.2. The van der Waals surface area contributed by atoms with Crippen molar-refractivity contribution in [1.29, 1.82) is 0 Å². The van der Waals surface area contributed by atoms with Crippen LogP contribution in [-0.4, -0.2) is 61.4 Å². The van der Waals surface area contributed by atoms with Gasteiger partial charge in [-0.1, -0.05) is 54.0 Å². The van der Waals surface area contributed by atoms with Crippen molar-refractivity contribution in [3.05, 3.63) is 11.6 Å². The highest BCUT2D eigenvalue weighted by Crippen LogP contribution is 2.74. The third-order valence-corrected chi connectivity index (χ3v) is 13.7. The molecule has 1 aliphatic heterocycles. The molecule has 4 fully saturated rings. The normalized spacial score (nSPS) is 47.0. The molecule has 0 aromatic heterocycles. The summed E-state index contributed by atoms with van der Waals surface area (Å²) >= 11 is 0. The highest BCUT2D eigenvalue weighted by atomic mass is 16.6. The zero-order valence-corrected chi connectivity index (χ0v) is 27.0. The van der Waals surface area contributed by atoms with Crippen LogP contribution in [0.2, 0.25) is 0 Å². The van der Waals surface area contributed by atoms with Gasteiger partial charge < -0.3 is 25.1 Å². The van der Waals surface area contributed by atoms with E-state index in [0.717, 1.165) is 31.3 Å². The topological polar surface area (TPSA) is 125 Å². The van der Waals surface area contributed by atoms with Crippen LogP contribution in [0.25, 0.3) is 0 Å². The number of esters is 1. The zero-order valence-electron chi connectivity index (χ0n) is 27.0. The van der Waals surface area contributed by atoms with Crippen LogP contribution >= 0.6 is 0 Å².